The van der Waals surface area contributed by atoms with Gasteiger partial charge in [0.15, 0.2) is 10.9 Å². The predicted octanol–water partition coefficient (Wildman–Crippen LogP) is 6.08. The Bertz CT molecular complexity index is 1100. The number of benzene rings is 3. The van der Waals surface area contributed by atoms with Gasteiger partial charge in [0.2, 0.25) is 5.91 Å². The van der Waals surface area contributed by atoms with Gasteiger partial charge in [-0.3, -0.25) is 9.59 Å². The largest absolute Gasteiger partial charge is 0.332 e. The van der Waals surface area contributed by atoms with Gasteiger partial charge in [0.25, 0.3) is 0 Å². The van der Waals surface area contributed by atoms with Crippen LogP contribution in [0.5, 0.6) is 0 Å². The molecule has 0 radical (unpaired) electrons. The van der Waals surface area contributed by atoms with Crippen LogP contribution in [0.3, 0.4) is 0 Å². The van der Waals surface area contributed by atoms with Crippen molar-refractivity contribution in [3.8, 4) is 0 Å². The van der Waals surface area contributed by atoms with Crippen molar-refractivity contribution in [2.75, 3.05) is 21.7 Å². The molecule has 0 fully saturated rings. The smallest absolute Gasteiger partial charge is 0.234 e. The molecule has 0 aliphatic heterocycles. The summed E-state index contributed by atoms with van der Waals surface area (Å²) in [6.07, 6.45) is 0. The van der Waals surface area contributed by atoms with Crippen LogP contribution in [0.15, 0.2) is 77.7 Å². The number of nitrogens with one attached hydrogen (secondary N) is 3. The van der Waals surface area contributed by atoms with Crippen LogP contribution >= 0.6 is 35.6 Å². The third-order valence-electron chi connectivity index (χ3n) is 4.12. The first-order valence-electron chi connectivity index (χ1n) is 9.36. The number of thiocarbonyl (C=S) groups is 1. The first-order valence-corrected chi connectivity index (χ1v) is 11.1. The number of Topliss-reactive ketones (excluding diaryl/α,β-unsaturated/α-hetero) is 1. The van der Waals surface area contributed by atoms with E-state index in [1.165, 1.54) is 18.7 Å². The molecule has 0 bridgehead atoms. The molecule has 158 valence electrons. The summed E-state index contributed by atoms with van der Waals surface area (Å²) in [6.45, 7) is 1.53. The SMILES string of the molecule is CC(=O)c1ccc(NC(=S)Nc2cccc(SCC(=O)Nc3cccc(Cl)c3)c2)cc1. The number of thioether (sulfide) groups is 1. The molecule has 0 unspecified atom stereocenters. The van der Waals surface area contributed by atoms with Crippen molar-refractivity contribution < 1.29 is 9.59 Å². The molecule has 1 amide bonds. The highest BCUT2D eigenvalue weighted by Crippen LogP contribution is 2.23. The van der Waals surface area contributed by atoms with Crippen LogP contribution in [0, 0.1) is 0 Å². The molecule has 0 aliphatic carbocycles. The van der Waals surface area contributed by atoms with Crippen molar-refractivity contribution >= 4 is 69.4 Å². The molecule has 3 rings (SSSR count). The second-order valence-electron chi connectivity index (χ2n) is 6.59. The van der Waals surface area contributed by atoms with E-state index in [-0.39, 0.29) is 17.4 Å². The lowest BCUT2D eigenvalue weighted by Gasteiger charge is -2.12. The molecule has 0 heterocycles. The number of carbonyl (C=O) groups excluding carboxylic acids is 2. The van der Waals surface area contributed by atoms with Crippen LogP contribution in [0.25, 0.3) is 0 Å². The highest BCUT2D eigenvalue weighted by atomic mass is 35.5. The van der Waals surface area contributed by atoms with Gasteiger partial charge in [0.05, 0.1) is 5.75 Å². The van der Waals surface area contributed by atoms with Gasteiger partial charge in [0, 0.05) is 32.5 Å². The Kier molecular flexibility index (Phi) is 8.06. The van der Waals surface area contributed by atoms with Crippen LogP contribution in [0.2, 0.25) is 5.02 Å². The molecule has 3 aromatic carbocycles. The normalized spacial score (nSPS) is 10.3. The highest BCUT2D eigenvalue weighted by Gasteiger charge is 2.06. The van der Waals surface area contributed by atoms with Gasteiger partial charge >= 0.3 is 0 Å². The number of anilines is 3. The molecule has 31 heavy (non-hydrogen) atoms. The lowest BCUT2D eigenvalue weighted by molar-refractivity contribution is -0.113. The maximum Gasteiger partial charge on any atom is 0.234 e. The van der Waals surface area contributed by atoms with E-state index >= 15 is 0 Å². The average molecular weight is 470 g/mol. The fraction of sp³-hybridized carbons (Fsp3) is 0.0870. The number of carbonyl (C=O) groups is 2. The Morgan fingerprint density at radius 1 is 0.871 bits per heavy atom. The lowest BCUT2D eigenvalue weighted by atomic mass is 10.1. The Hall–Kier alpha value is -2.87. The number of halogens is 1. The standard InChI is InChI=1S/C23H20ClN3O2S2/c1-15(28)16-8-10-18(11-9-16)26-23(30)27-20-6-3-7-21(13-20)31-14-22(29)25-19-5-2-4-17(24)12-19/h2-13H,14H2,1H3,(H,25,29)(H2,26,27,30). The number of hydrogen-bond donors (Lipinski definition) is 3. The van der Waals surface area contributed by atoms with Gasteiger partial charge in [-0.15, -0.1) is 11.8 Å². The van der Waals surface area contributed by atoms with Crippen molar-refractivity contribution in [3.63, 3.8) is 0 Å². The Morgan fingerprint density at radius 2 is 1.52 bits per heavy atom. The Labute approximate surface area is 195 Å². The van der Waals surface area contributed by atoms with Crippen LogP contribution in [-0.2, 0) is 4.79 Å². The molecule has 8 heteroatoms. The predicted molar refractivity (Wildman–Crippen MR) is 134 cm³/mol. The second-order valence-corrected chi connectivity index (χ2v) is 8.48. The Morgan fingerprint density at radius 3 is 2.19 bits per heavy atom. The van der Waals surface area contributed by atoms with E-state index in [2.05, 4.69) is 16.0 Å². The lowest BCUT2D eigenvalue weighted by Crippen LogP contribution is -2.19. The summed E-state index contributed by atoms with van der Waals surface area (Å²) in [5.74, 6) is 0.167. The molecular weight excluding hydrogens is 450 g/mol. The van der Waals surface area contributed by atoms with E-state index in [1.54, 1.807) is 48.5 Å². The highest BCUT2D eigenvalue weighted by molar-refractivity contribution is 8.00. The molecule has 3 N–H and O–H groups in total. The second kappa shape index (κ2) is 10.9. The quantitative estimate of drug-likeness (QED) is 0.221. The third kappa shape index (κ3) is 7.40. The molecule has 0 spiro atoms. The van der Waals surface area contributed by atoms with Crippen molar-refractivity contribution in [2.45, 2.75) is 11.8 Å². The maximum atomic E-state index is 12.2. The maximum absolute atomic E-state index is 12.2. The number of rotatable bonds is 7. The summed E-state index contributed by atoms with van der Waals surface area (Å²) in [7, 11) is 0. The first-order chi connectivity index (χ1) is 14.9. The van der Waals surface area contributed by atoms with Crippen molar-refractivity contribution in [1.29, 1.82) is 0 Å². The zero-order chi connectivity index (χ0) is 22.2. The van der Waals surface area contributed by atoms with Crippen molar-refractivity contribution in [3.05, 3.63) is 83.4 Å². The minimum Gasteiger partial charge on any atom is -0.332 e. The zero-order valence-electron chi connectivity index (χ0n) is 16.6. The third-order valence-corrected chi connectivity index (χ3v) is 5.55. The summed E-state index contributed by atoms with van der Waals surface area (Å²) in [5.41, 5.74) is 2.90. The van der Waals surface area contributed by atoms with Gasteiger partial charge in [-0.25, -0.2) is 0 Å². The minimum absolute atomic E-state index is 0.0165. The minimum atomic E-state index is -0.114. The molecule has 5 nitrogen and oxygen atoms in total. The summed E-state index contributed by atoms with van der Waals surface area (Å²) in [5, 5.41) is 10.0. The fourth-order valence-electron chi connectivity index (χ4n) is 2.66. The molecule has 0 saturated carbocycles. The summed E-state index contributed by atoms with van der Waals surface area (Å²) < 4.78 is 0. The molecule has 3 aromatic rings. The van der Waals surface area contributed by atoms with E-state index < -0.39 is 0 Å². The average Bonchev–Trinajstić information content (AvgIpc) is 2.73. The van der Waals surface area contributed by atoms with Gasteiger partial charge in [-0.2, -0.15) is 0 Å². The molecule has 0 aliphatic rings. The Balaban J connectivity index is 1.51. The van der Waals surface area contributed by atoms with Crippen LogP contribution < -0.4 is 16.0 Å². The van der Waals surface area contributed by atoms with Gasteiger partial charge in [0.1, 0.15) is 0 Å². The van der Waals surface area contributed by atoms with E-state index in [0.29, 0.717) is 21.4 Å². The summed E-state index contributed by atoms with van der Waals surface area (Å²) in [6, 6.07) is 21.8. The van der Waals surface area contributed by atoms with Crippen molar-refractivity contribution in [1.82, 2.24) is 0 Å². The fourth-order valence-corrected chi connectivity index (χ4v) is 3.84. The number of amides is 1. The van der Waals surface area contributed by atoms with E-state index in [1.807, 2.05) is 24.3 Å². The first kappa shape index (κ1) is 22.8. The van der Waals surface area contributed by atoms with Crippen LogP contribution in [0.4, 0.5) is 17.1 Å². The van der Waals surface area contributed by atoms with Gasteiger partial charge in [-0.05, 0) is 79.8 Å². The van der Waals surface area contributed by atoms with Gasteiger partial charge < -0.3 is 16.0 Å². The number of hydrogen-bond acceptors (Lipinski definition) is 4. The zero-order valence-corrected chi connectivity index (χ0v) is 19.0. The molecular formula is C23H20ClN3O2S2. The molecule has 0 atom stereocenters. The van der Waals surface area contributed by atoms with Crippen LogP contribution in [0.1, 0.15) is 17.3 Å². The molecule has 0 saturated heterocycles. The van der Waals surface area contributed by atoms with Gasteiger partial charge in [-0.1, -0.05) is 23.7 Å². The summed E-state index contributed by atoms with van der Waals surface area (Å²) >= 11 is 12.7. The van der Waals surface area contributed by atoms with E-state index in [0.717, 1.165) is 16.3 Å². The van der Waals surface area contributed by atoms with Crippen molar-refractivity contribution in [2.24, 2.45) is 0 Å². The van der Waals surface area contributed by atoms with E-state index in [9.17, 15) is 9.59 Å². The molecule has 0 aromatic heterocycles. The summed E-state index contributed by atoms with van der Waals surface area (Å²) in [4.78, 5) is 24.5. The monoisotopic (exact) mass is 469 g/mol. The van der Waals surface area contributed by atoms with Crippen LogP contribution in [-0.4, -0.2) is 22.6 Å². The van der Waals surface area contributed by atoms with E-state index in [4.69, 9.17) is 23.8 Å². The topological polar surface area (TPSA) is 70.2 Å². The number of ketones is 1.